The summed E-state index contributed by atoms with van der Waals surface area (Å²) in [5.74, 6) is 1.29. The Balaban J connectivity index is 0.00000225. The molecule has 0 unspecified atom stereocenters. The molecule has 7 nitrogen and oxygen atoms in total. The number of carbonyl (C=O) groups excluding carboxylic acids is 1. The second-order valence-corrected chi connectivity index (χ2v) is 6.07. The zero-order valence-electron chi connectivity index (χ0n) is 14.4. The van der Waals surface area contributed by atoms with Crippen molar-refractivity contribution in [2.75, 3.05) is 26.2 Å². The largest absolute Gasteiger partial charge is 0.340 e. The molecule has 1 aliphatic heterocycles. The molecule has 0 radical (unpaired) electrons. The molecule has 2 aromatic rings. The van der Waals surface area contributed by atoms with Crippen molar-refractivity contribution in [1.82, 2.24) is 19.9 Å². The first-order valence-corrected chi connectivity index (χ1v) is 8.22. The normalized spacial score (nSPS) is 15.0. The minimum absolute atomic E-state index is 0. The van der Waals surface area contributed by atoms with E-state index in [9.17, 15) is 4.79 Å². The van der Waals surface area contributed by atoms with Gasteiger partial charge in [-0.05, 0) is 18.1 Å². The Kier molecular flexibility index (Phi) is 6.92. The van der Waals surface area contributed by atoms with E-state index in [2.05, 4.69) is 15.0 Å². The predicted molar refractivity (Wildman–Crippen MR) is 96.2 cm³/mol. The van der Waals surface area contributed by atoms with Crippen molar-refractivity contribution in [1.29, 1.82) is 0 Å². The standard InChI is InChI=1S/C17H23N5O2.ClH/c1-13-4-2-3-5-14(13)10-17(23)22-8-6-21(7-9-22)12-15-19-16(11-18)24-20-15;/h2-5H,6-12,18H2,1H3;1H. The van der Waals surface area contributed by atoms with Crippen LogP contribution in [0.5, 0.6) is 0 Å². The Morgan fingerprint density at radius 2 is 1.96 bits per heavy atom. The number of benzene rings is 1. The van der Waals surface area contributed by atoms with Gasteiger partial charge in [0.25, 0.3) is 0 Å². The molecule has 2 N–H and O–H groups in total. The SMILES string of the molecule is Cc1ccccc1CC(=O)N1CCN(Cc2noc(CN)n2)CC1.Cl. The highest BCUT2D eigenvalue weighted by Crippen LogP contribution is 2.12. The van der Waals surface area contributed by atoms with Crippen LogP contribution in [0.2, 0.25) is 0 Å². The maximum atomic E-state index is 12.5. The minimum atomic E-state index is 0. The van der Waals surface area contributed by atoms with E-state index in [-0.39, 0.29) is 24.9 Å². The first-order chi connectivity index (χ1) is 11.7. The van der Waals surface area contributed by atoms with Gasteiger partial charge in [0.2, 0.25) is 11.8 Å². The third-order valence-corrected chi connectivity index (χ3v) is 4.38. The average Bonchev–Trinajstić information content (AvgIpc) is 3.05. The highest BCUT2D eigenvalue weighted by atomic mass is 35.5. The van der Waals surface area contributed by atoms with Crippen LogP contribution in [-0.4, -0.2) is 52.0 Å². The zero-order valence-corrected chi connectivity index (χ0v) is 15.2. The van der Waals surface area contributed by atoms with E-state index in [0.717, 1.165) is 37.3 Å². The summed E-state index contributed by atoms with van der Waals surface area (Å²) in [6, 6.07) is 8.04. The molecule has 0 saturated carbocycles. The molecule has 25 heavy (non-hydrogen) atoms. The topological polar surface area (TPSA) is 88.5 Å². The Morgan fingerprint density at radius 1 is 1.24 bits per heavy atom. The van der Waals surface area contributed by atoms with Crippen molar-refractivity contribution in [3.63, 3.8) is 0 Å². The molecule has 0 bridgehead atoms. The van der Waals surface area contributed by atoms with Gasteiger partial charge in [0.15, 0.2) is 5.82 Å². The van der Waals surface area contributed by atoms with Crippen molar-refractivity contribution in [3.05, 3.63) is 47.1 Å². The molecule has 0 aliphatic carbocycles. The lowest BCUT2D eigenvalue weighted by Crippen LogP contribution is -2.48. The van der Waals surface area contributed by atoms with Crippen LogP contribution in [-0.2, 0) is 24.3 Å². The van der Waals surface area contributed by atoms with Crippen LogP contribution in [0.1, 0.15) is 22.8 Å². The monoisotopic (exact) mass is 365 g/mol. The van der Waals surface area contributed by atoms with Gasteiger partial charge in [-0.2, -0.15) is 4.98 Å². The van der Waals surface area contributed by atoms with E-state index in [1.54, 1.807) is 0 Å². The van der Waals surface area contributed by atoms with Crippen LogP contribution in [0.3, 0.4) is 0 Å². The fourth-order valence-electron chi connectivity index (χ4n) is 2.88. The zero-order chi connectivity index (χ0) is 16.9. The maximum Gasteiger partial charge on any atom is 0.240 e. The molecule has 1 saturated heterocycles. The number of rotatable bonds is 5. The van der Waals surface area contributed by atoms with Gasteiger partial charge in [0.1, 0.15) is 0 Å². The Hall–Kier alpha value is -1.96. The number of halogens is 1. The summed E-state index contributed by atoms with van der Waals surface area (Å²) in [5, 5.41) is 3.91. The fraction of sp³-hybridized carbons (Fsp3) is 0.471. The number of hydrogen-bond acceptors (Lipinski definition) is 6. The number of nitrogens with zero attached hydrogens (tertiary/aromatic N) is 4. The number of amides is 1. The summed E-state index contributed by atoms with van der Waals surface area (Å²) in [6.07, 6.45) is 0.470. The molecule has 8 heteroatoms. The second-order valence-electron chi connectivity index (χ2n) is 6.07. The molecule has 1 amide bonds. The summed E-state index contributed by atoms with van der Waals surface area (Å²) >= 11 is 0. The van der Waals surface area contributed by atoms with Crippen LogP contribution in [0.15, 0.2) is 28.8 Å². The third-order valence-electron chi connectivity index (χ3n) is 4.38. The van der Waals surface area contributed by atoms with Crippen LogP contribution < -0.4 is 5.73 Å². The van der Waals surface area contributed by atoms with Crippen molar-refractivity contribution in [2.45, 2.75) is 26.4 Å². The molecule has 2 heterocycles. The molecule has 0 spiro atoms. The van der Waals surface area contributed by atoms with Crippen molar-refractivity contribution < 1.29 is 9.32 Å². The van der Waals surface area contributed by atoms with E-state index in [1.807, 2.05) is 36.1 Å². The number of hydrogen-bond donors (Lipinski definition) is 1. The molecular formula is C17H24ClN5O2. The number of piperazine rings is 1. The van der Waals surface area contributed by atoms with E-state index in [1.165, 1.54) is 0 Å². The summed E-state index contributed by atoms with van der Waals surface area (Å²) in [7, 11) is 0. The van der Waals surface area contributed by atoms with Crippen molar-refractivity contribution in [3.8, 4) is 0 Å². The predicted octanol–water partition coefficient (Wildman–Crippen LogP) is 1.15. The number of aryl methyl sites for hydroxylation is 1. The van der Waals surface area contributed by atoms with Crippen molar-refractivity contribution in [2.24, 2.45) is 5.73 Å². The van der Waals surface area contributed by atoms with Gasteiger partial charge in [-0.1, -0.05) is 29.4 Å². The van der Waals surface area contributed by atoms with Gasteiger partial charge in [-0.3, -0.25) is 9.69 Å². The minimum Gasteiger partial charge on any atom is -0.340 e. The lowest BCUT2D eigenvalue weighted by molar-refractivity contribution is -0.132. The first-order valence-electron chi connectivity index (χ1n) is 8.22. The molecule has 1 aromatic heterocycles. The Labute approximate surface area is 153 Å². The van der Waals surface area contributed by atoms with E-state index < -0.39 is 0 Å². The molecule has 3 rings (SSSR count). The van der Waals surface area contributed by atoms with Gasteiger partial charge >= 0.3 is 0 Å². The Bertz CT molecular complexity index is 698. The van der Waals surface area contributed by atoms with Crippen LogP contribution in [0.4, 0.5) is 0 Å². The highest BCUT2D eigenvalue weighted by Gasteiger charge is 2.22. The molecule has 0 atom stereocenters. The van der Waals surface area contributed by atoms with Gasteiger partial charge in [-0.25, -0.2) is 0 Å². The molecular weight excluding hydrogens is 342 g/mol. The lowest BCUT2D eigenvalue weighted by Gasteiger charge is -2.34. The summed E-state index contributed by atoms with van der Waals surface area (Å²) in [6.45, 7) is 6.01. The van der Waals surface area contributed by atoms with Crippen molar-refractivity contribution >= 4 is 18.3 Å². The number of nitrogens with two attached hydrogens (primary N) is 1. The van der Waals surface area contributed by atoms with Gasteiger partial charge in [0, 0.05) is 26.2 Å². The van der Waals surface area contributed by atoms with Gasteiger partial charge in [-0.15, -0.1) is 12.4 Å². The first kappa shape index (κ1) is 19.4. The van der Waals surface area contributed by atoms with E-state index >= 15 is 0 Å². The number of aromatic nitrogens is 2. The molecule has 136 valence electrons. The van der Waals surface area contributed by atoms with Crippen LogP contribution >= 0.6 is 12.4 Å². The molecule has 1 aliphatic rings. The summed E-state index contributed by atoms with van der Waals surface area (Å²) in [5.41, 5.74) is 7.73. The fourth-order valence-corrected chi connectivity index (χ4v) is 2.88. The van der Waals surface area contributed by atoms with Crippen LogP contribution in [0, 0.1) is 6.92 Å². The quantitative estimate of drug-likeness (QED) is 0.854. The summed E-state index contributed by atoms with van der Waals surface area (Å²) < 4.78 is 5.01. The number of carbonyl (C=O) groups is 1. The van der Waals surface area contributed by atoms with E-state index in [0.29, 0.717) is 24.7 Å². The van der Waals surface area contributed by atoms with Gasteiger partial charge in [0.05, 0.1) is 19.5 Å². The second kappa shape index (κ2) is 8.94. The van der Waals surface area contributed by atoms with E-state index in [4.69, 9.17) is 10.3 Å². The maximum absolute atomic E-state index is 12.5. The molecule has 1 aromatic carbocycles. The summed E-state index contributed by atoms with van der Waals surface area (Å²) in [4.78, 5) is 20.9. The average molecular weight is 366 g/mol. The Morgan fingerprint density at radius 3 is 2.60 bits per heavy atom. The highest BCUT2D eigenvalue weighted by molar-refractivity contribution is 5.85. The van der Waals surface area contributed by atoms with Crippen LogP contribution in [0.25, 0.3) is 0 Å². The molecule has 1 fully saturated rings. The lowest BCUT2D eigenvalue weighted by atomic mass is 10.1. The smallest absolute Gasteiger partial charge is 0.240 e. The third kappa shape index (κ3) is 5.01. The van der Waals surface area contributed by atoms with Gasteiger partial charge < -0.3 is 15.2 Å².